The maximum atomic E-state index is 11.8. The standard InChI is InChI=1S/C14H19N3O5/c15-10(5-6-12(16)19)13(20)17-11(14(21)22)7-8-1-3-9(18)4-2-8/h1-4,10-11,18H,5-7,15H2,(H2,16,19)(H,17,20)(H,21,22). The minimum atomic E-state index is -1.21. The van der Waals surface area contributed by atoms with Crippen molar-refractivity contribution in [1.29, 1.82) is 0 Å². The number of carboxylic acids is 1. The lowest BCUT2D eigenvalue weighted by molar-refractivity contribution is -0.142. The molecule has 0 fully saturated rings. The molecule has 2 amide bonds. The van der Waals surface area contributed by atoms with Crippen LogP contribution in [0.1, 0.15) is 18.4 Å². The van der Waals surface area contributed by atoms with E-state index in [1.807, 2.05) is 0 Å². The van der Waals surface area contributed by atoms with Gasteiger partial charge in [0.25, 0.3) is 0 Å². The van der Waals surface area contributed by atoms with Crippen molar-refractivity contribution in [2.75, 3.05) is 0 Å². The normalized spacial score (nSPS) is 13.1. The molecule has 0 aliphatic rings. The number of aromatic hydroxyl groups is 1. The van der Waals surface area contributed by atoms with Gasteiger partial charge in [-0.3, -0.25) is 9.59 Å². The molecule has 0 saturated carbocycles. The maximum Gasteiger partial charge on any atom is 0.326 e. The third-order valence-corrected chi connectivity index (χ3v) is 3.03. The molecule has 0 saturated heterocycles. The molecule has 0 aliphatic heterocycles. The molecular weight excluding hydrogens is 290 g/mol. The molecule has 22 heavy (non-hydrogen) atoms. The number of rotatable bonds is 8. The van der Waals surface area contributed by atoms with Crippen LogP contribution in [-0.2, 0) is 20.8 Å². The topological polar surface area (TPSA) is 156 Å². The third kappa shape index (κ3) is 5.80. The molecule has 1 aromatic rings. The van der Waals surface area contributed by atoms with Crippen LogP contribution in [0, 0.1) is 0 Å². The van der Waals surface area contributed by atoms with E-state index >= 15 is 0 Å². The Morgan fingerprint density at radius 3 is 2.27 bits per heavy atom. The Morgan fingerprint density at radius 2 is 1.77 bits per heavy atom. The smallest absolute Gasteiger partial charge is 0.326 e. The van der Waals surface area contributed by atoms with Crippen molar-refractivity contribution in [3.05, 3.63) is 29.8 Å². The first kappa shape index (κ1) is 17.4. The fourth-order valence-electron chi connectivity index (χ4n) is 1.78. The number of carbonyl (C=O) groups excluding carboxylic acids is 2. The van der Waals surface area contributed by atoms with E-state index in [1.54, 1.807) is 12.1 Å². The minimum Gasteiger partial charge on any atom is -0.508 e. The number of carboxylic acid groups (broad SMARTS) is 1. The number of carbonyl (C=O) groups is 3. The minimum absolute atomic E-state index is 0.0455. The van der Waals surface area contributed by atoms with Crippen molar-refractivity contribution in [3.8, 4) is 5.75 Å². The van der Waals surface area contributed by atoms with Crippen LogP contribution in [0.2, 0.25) is 0 Å². The first-order chi connectivity index (χ1) is 10.3. The predicted molar refractivity (Wildman–Crippen MR) is 77.8 cm³/mol. The SMILES string of the molecule is NC(=O)CCC(N)C(=O)NC(Cc1ccc(O)cc1)C(=O)O. The van der Waals surface area contributed by atoms with E-state index in [2.05, 4.69) is 5.32 Å². The van der Waals surface area contributed by atoms with Crippen LogP contribution < -0.4 is 16.8 Å². The summed E-state index contributed by atoms with van der Waals surface area (Å²) in [5.74, 6) is -2.38. The van der Waals surface area contributed by atoms with Crippen LogP contribution in [-0.4, -0.2) is 40.1 Å². The summed E-state index contributed by atoms with van der Waals surface area (Å²) < 4.78 is 0. The second kappa shape index (κ2) is 7.99. The molecule has 0 radical (unpaired) electrons. The number of benzene rings is 1. The highest BCUT2D eigenvalue weighted by Crippen LogP contribution is 2.11. The molecule has 1 aromatic carbocycles. The Kier molecular flexibility index (Phi) is 6.33. The summed E-state index contributed by atoms with van der Waals surface area (Å²) in [6, 6.07) is 3.81. The molecule has 8 heteroatoms. The zero-order valence-electron chi connectivity index (χ0n) is 11.9. The van der Waals surface area contributed by atoms with Gasteiger partial charge in [-0.2, -0.15) is 0 Å². The van der Waals surface area contributed by atoms with Crippen LogP contribution in [0.5, 0.6) is 5.75 Å². The number of aliphatic carboxylic acids is 1. The Morgan fingerprint density at radius 1 is 1.18 bits per heavy atom. The lowest BCUT2D eigenvalue weighted by Gasteiger charge is -2.17. The Hall–Kier alpha value is -2.61. The van der Waals surface area contributed by atoms with E-state index in [1.165, 1.54) is 12.1 Å². The van der Waals surface area contributed by atoms with Gasteiger partial charge < -0.3 is 27.0 Å². The molecule has 0 aromatic heterocycles. The number of nitrogens with two attached hydrogens (primary N) is 2. The fourth-order valence-corrected chi connectivity index (χ4v) is 1.78. The number of amides is 2. The molecular formula is C14H19N3O5. The van der Waals surface area contributed by atoms with Gasteiger partial charge in [-0.15, -0.1) is 0 Å². The lowest BCUT2D eigenvalue weighted by atomic mass is 10.0. The van der Waals surface area contributed by atoms with Gasteiger partial charge in [-0.1, -0.05) is 12.1 Å². The van der Waals surface area contributed by atoms with Gasteiger partial charge in [0.1, 0.15) is 11.8 Å². The van der Waals surface area contributed by atoms with Crippen molar-refractivity contribution in [2.45, 2.75) is 31.3 Å². The number of hydrogen-bond acceptors (Lipinski definition) is 5. The van der Waals surface area contributed by atoms with Crippen molar-refractivity contribution >= 4 is 17.8 Å². The van der Waals surface area contributed by atoms with E-state index in [4.69, 9.17) is 16.6 Å². The zero-order valence-corrected chi connectivity index (χ0v) is 11.9. The molecule has 0 aliphatic carbocycles. The molecule has 0 heterocycles. The molecule has 2 unspecified atom stereocenters. The average molecular weight is 309 g/mol. The Bertz CT molecular complexity index is 544. The molecule has 0 spiro atoms. The summed E-state index contributed by atoms with van der Waals surface area (Å²) in [5, 5.41) is 20.7. The monoisotopic (exact) mass is 309 g/mol. The summed E-state index contributed by atoms with van der Waals surface area (Å²) in [4.78, 5) is 33.7. The number of hydrogen-bond donors (Lipinski definition) is 5. The third-order valence-electron chi connectivity index (χ3n) is 3.03. The van der Waals surface area contributed by atoms with Crippen LogP contribution in [0.25, 0.3) is 0 Å². The van der Waals surface area contributed by atoms with E-state index in [0.29, 0.717) is 5.56 Å². The van der Waals surface area contributed by atoms with Crippen LogP contribution in [0.15, 0.2) is 24.3 Å². The Labute approximate surface area is 127 Å². The summed E-state index contributed by atoms with van der Waals surface area (Å²) in [6.45, 7) is 0. The molecule has 0 bridgehead atoms. The number of primary amides is 1. The average Bonchev–Trinajstić information content (AvgIpc) is 2.45. The van der Waals surface area contributed by atoms with Crippen molar-refractivity contribution in [3.63, 3.8) is 0 Å². The first-order valence-corrected chi connectivity index (χ1v) is 6.64. The number of nitrogens with one attached hydrogen (secondary N) is 1. The fraction of sp³-hybridized carbons (Fsp3) is 0.357. The summed E-state index contributed by atoms with van der Waals surface area (Å²) >= 11 is 0. The quantitative estimate of drug-likeness (QED) is 0.419. The highest BCUT2D eigenvalue weighted by Gasteiger charge is 2.23. The second-order valence-corrected chi connectivity index (χ2v) is 4.88. The van der Waals surface area contributed by atoms with Gasteiger partial charge >= 0.3 is 5.97 Å². The largest absolute Gasteiger partial charge is 0.508 e. The second-order valence-electron chi connectivity index (χ2n) is 4.88. The van der Waals surface area contributed by atoms with E-state index < -0.39 is 29.9 Å². The molecule has 1 rings (SSSR count). The molecule has 8 nitrogen and oxygen atoms in total. The predicted octanol–water partition coefficient (Wildman–Crippen LogP) is -0.903. The number of phenolic OH excluding ortho intramolecular Hbond substituents is 1. The van der Waals surface area contributed by atoms with Gasteiger partial charge in [-0.05, 0) is 24.1 Å². The van der Waals surface area contributed by atoms with Crippen molar-refractivity contribution in [1.82, 2.24) is 5.32 Å². The van der Waals surface area contributed by atoms with Crippen molar-refractivity contribution < 1.29 is 24.6 Å². The summed E-state index contributed by atoms with van der Waals surface area (Å²) in [5.41, 5.74) is 11.2. The van der Waals surface area contributed by atoms with Gasteiger partial charge in [0.2, 0.25) is 11.8 Å². The maximum absolute atomic E-state index is 11.8. The highest BCUT2D eigenvalue weighted by atomic mass is 16.4. The first-order valence-electron chi connectivity index (χ1n) is 6.64. The lowest BCUT2D eigenvalue weighted by Crippen LogP contribution is -2.49. The van der Waals surface area contributed by atoms with Gasteiger partial charge in [-0.25, -0.2) is 4.79 Å². The highest BCUT2D eigenvalue weighted by molar-refractivity contribution is 5.87. The van der Waals surface area contributed by atoms with E-state index in [-0.39, 0.29) is 25.0 Å². The summed E-state index contributed by atoms with van der Waals surface area (Å²) in [7, 11) is 0. The molecule has 120 valence electrons. The van der Waals surface area contributed by atoms with Crippen LogP contribution in [0.3, 0.4) is 0 Å². The van der Waals surface area contributed by atoms with Gasteiger partial charge in [0.15, 0.2) is 0 Å². The van der Waals surface area contributed by atoms with Gasteiger partial charge in [0.05, 0.1) is 6.04 Å². The Balaban J connectivity index is 2.63. The van der Waals surface area contributed by atoms with Gasteiger partial charge in [0, 0.05) is 12.8 Å². The van der Waals surface area contributed by atoms with Crippen LogP contribution >= 0.6 is 0 Å². The molecule has 2 atom stereocenters. The molecule has 7 N–H and O–H groups in total. The van der Waals surface area contributed by atoms with Crippen molar-refractivity contribution in [2.24, 2.45) is 11.5 Å². The zero-order chi connectivity index (χ0) is 16.7. The van der Waals surface area contributed by atoms with E-state index in [9.17, 15) is 19.5 Å². The number of phenols is 1. The van der Waals surface area contributed by atoms with Crippen LogP contribution in [0.4, 0.5) is 0 Å². The summed E-state index contributed by atoms with van der Waals surface area (Å²) in [6.07, 6.45) is 0.0426. The van der Waals surface area contributed by atoms with E-state index in [0.717, 1.165) is 0 Å².